The Bertz CT molecular complexity index is 1820. The summed E-state index contributed by atoms with van der Waals surface area (Å²) in [6.07, 6.45) is -10.6. The van der Waals surface area contributed by atoms with E-state index in [9.17, 15) is 35.5 Å². The van der Waals surface area contributed by atoms with Crippen LogP contribution in [0.25, 0.3) is 22.3 Å². The predicted octanol–water partition coefficient (Wildman–Crippen LogP) is 6.83. The maximum Gasteiger partial charge on any atom is 0.416 e. The average molecular weight is 680 g/mol. The van der Waals surface area contributed by atoms with E-state index in [1.54, 1.807) is 17.2 Å². The van der Waals surface area contributed by atoms with Gasteiger partial charge in [0.25, 0.3) is 0 Å². The maximum absolute atomic E-state index is 13.7. The van der Waals surface area contributed by atoms with Crippen molar-refractivity contribution in [2.75, 3.05) is 25.1 Å². The highest BCUT2D eigenvalue weighted by Gasteiger charge is 2.44. The molecule has 2 atom stereocenters. The molecule has 0 spiro atoms. The van der Waals surface area contributed by atoms with Gasteiger partial charge in [0.15, 0.2) is 0 Å². The predicted molar refractivity (Wildman–Crippen MR) is 157 cm³/mol. The van der Waals surface area contributed by atoms with Crippen molar-refractivity contribution in [3.8, 4) is 28.1 Å². The molecule has 17 heteroatoms. The molecule has 0 aliphatic carbocycles. The molecule has 0 radical (unpaired) electrons. The van der Waals surface area contributed by atoms with E-state index in [2.05, 4.69) is 25.1 Å². The third kappa shape index (κ3) is 6.08. The number of methoxy groups -OCH3 is 1. The third-order valence-corrected chi connectivity index (χ3v) is 8.38. The Morgan fingerprint density at radius 2 is 1.65 bits per heavy atom. The summed E-state index contributed by atoms with van der Waals surface area (Å²) in [5, 5.41) is 7.15. The van der Waals surface area contributed by atoms with Crippen molar-refractivity contribution in [1.82, 2.24) is 30.0 Å². The van der Waals surface area contributed by atoms with E-state index < -0.39 is 53.5 Å². The highest BCUT2D eigenvalue weighted by atomic mass is 19.4. The van der Waals surface area contributed by atoms with Gasteiger partial charge in [0.1, 0.15) is 12.3 Å². The first kappa shape index (κ1) is 33.0. The zero-order chi connectivity index (χ0) is 34.7. The van der Waals surface area contributed by atoms with Crippen LogP contribution in [0.5, 0.6) is 5.88 Å². The minimum absolute atomic E-state index is 0.0111. The molecule has 1 amide bonds. The Labute approximate surface area is 268 Å². The van der Waals surface area contributed by atoms with Crippen molar-refractivity contribution < 1.29 is 45.0 Å². The quantitative estimate of drug-likeness (QED) is 0.212. The van der Waals surface area contributed by atoms with Crippen molar-refractivity contribution in [2.24, 2.45) is 0 Å². The van der Waals surface area contributed by atoms with Gasteiger partial charge in [-0.1, -0.05) is 0 Å². The van der Waals surface area contributed by atoms with Crippen LogP contribution in [-0.2, 0) is 23.6 Å². The number of amides is 1. The topological polar surface area (TPSA) is 109 Å². The number of hydrogen-bond donors (Lipinski definition) is 1. The van der Waals surface area contributed by atoms with Crippen LogP contribution in [0.4, 0.5) is 41.5 Å². The van der Waals surface area contributed by atoms with Crippen LogP contribution < -0.4 is 9.64 Å². The average Bonchev–Trinajstić information content (AvgIpc) is 3.50. The number of carbonyl (C=O) groups is 1. The molecule has 0 saturated carbocycles. The number of anilines is 1. The van der Waals surface area contributed by atoms with Gasteiger partial charge < -0.3 is 14.4 Å². The molecule has 1 N–H and O–H groups in total. The molecule has 0 bridgehead atoms. The molecule has 2 saturated heterocycles. The number of aromatic amines is 1. The number of aryl methyl sites for hydroxylation is 2. The second kappa shape index (κ2) is 11.9. The largest absolute Gasteiger partial charge is 0.481 e. The highest BCUT2D eigenvalue weighted by molar-refractivity contribution is 5.79. The van der Waals surface area contributed by atoms with Crippen LogP contribution in [0.15, 0.2) is 36.7 Å². The van der Waals surface area contributed by atoms with E-state index in [1.807, 2.05) is 13.8 Å². The van der Waals surface area contributed by atoms with E-state index in [-0.39, 0.29) is 43.2 Å². The van der Waals surface area contributed by atoms with Crippen LogP contribution in [-0.4, -0.2) is 68.6 Å². The molecule has 4 aromatic rings. The minimum Gasteiger partial charge on any atom is -0.481 e. The van der Waals surface area contributed by atoms with Gasteiger partial charge in [-0.3, -0.25) is 10.00 Å². The van der Waals surface area contributed by atoms with Gasteiger partial charge >= 0.3 is 18.4 Å². The van der Waals surface area contributed by atoms with Crippen LogP contribution >= 0.6 is 0 Å². The Kier molecular flexibility index (Phi) is 8.19. The molecule has 2 unspecified atom stereocenters. The summed E-state index contributed by atoms with van der Waals surface area (Å²) in [6.45, 7) is 4.89. The van der Waals surface area contributed by atoms with Gasteiger partial charge in [0.2, 0.25) is 11.8 Å². The fourth-order valence-electron chi connectivity index (χ4n) is 5.88. The second-order valence-corrected chi connectivity index (χ2v) is 11.6. The van der Waals surface area contributed by atoms with Gasteiger partial charge in [-0.15, -0.1) is 0 Å². The molecule has 5 heterocycles. The van der Waals surface area contributed by atoms with E-state index in [4.69, 9.17) is 9.47 Å². The Hall–Kier alpha value is -4.96. The summed E-state index contributed by atoms with van der Waals surface area (Å²) in [5.74, 6) is 0.346. The second-order valence-electron chi connectivity index (χ2n) is 11.6. The Morgan fingerprint density at radius 3 is 2.21 bits per heavy atom. The Balaban J connectivity index is 1.41. The number of halogens is 7. The molecule has 254 valence electrons. The first-order valence-corrected chi connectivity index (χ1v) is 14.6. The number of rotatable bonds is 7. The lowest BCUT2D eigenvalue weighted by Gasteiger charge is -2.34. The first-order chi connectivity index (χ1) is 22.5. The molecular formula is C31H28F7N7O3. The summed E-state index contributed by atoms with van der Waals surface area (Å²) in [7, 11) is 1.41. The van der Waals surface area contributed by atoms with E-state index in [0.29, 0.717) is 34.5 Å². The lowest BCUT2D eigenvalue weighted by Crippen LogP contribution is -2.49. The van der Waals surface area contributed by atoms with Crippen molar-refractivity contribution in [3.05, 3.63) is 70.4 Å². The number of nitrogens with one attached hydrogen (secondary N) is 1. The van der Waals surface area contributed by atoms with Gasteiger partial charge in [-0.25, -0.2) is 24.1 Å². The molecule has 1 aromatic carbocycles. The monoisotopic (exact) mass is 679 g/mol. The SMILES string of the molecule is COc1ncc(-c2c(C)n[nH]c2C)cc1-c1cnc(N2CC(F)C2)nc1CN1C(=O)OC(c2cc(C(F)(F)F)cc(C(F)(F)F)c2)C1C. The molecular weight excluding hydrogens is 651 g/mol. The van der Waals surface area contributed by atoms with Gasteiger partial charge in [0, 0.05) is 40.3 Å². The lowest BCUT2D eigenvalue weighted by atomic mass is 9.97. The summed E-state index contributed by atoms with van der Waals surface area (Å²) in [6, 6.07) is 1.84. The summed E-state index contributed by atoms with van der Waals surface area (Å²) >= 11 is 0. The van der Waals surface area contributed by atoms with Crippen molar-refractivity contribution >= 4 is 12.0 Å². The number of ether oxygens (including phenoxy) is 2. The van der Waals surface area contributed by atoms with Gasteiger partial charge in [-0.2, -0.15) is 31.4 Å². The number of H-pyrrole nitrogens is 1. The van der Waals surface area contributed by atoms with Crippen LogP contribution in [0.3, 0.4) is 0 Å². The number of nitrogens with zero attached hydrogens (tertiary/aromatic N) is 6. The van der Waals surface area contributed by atoms with Crippen LogP contribution in [0.1, 0.15) is 46.8 Å². The van der Waals surface area contributed by atoms with Crippen molar-refractivity contribution in [1.29, 1.82) is 0 Å². The molecule has 2 aliphatic rings. The van der Waals surface area contributed by atoms with Crippen molar-refractivity contribution in [2.45, 2.75) is 58.0 Å². The molecule has 2 fully saturated rings. The summed E-state index contributed by atoms with van der Waals surface area (Å²) in [4.78, 5) is 29.5. The zero-order valence-electron chi connectivity index (χ0n) is 25.9. The number of carbonyl (C=O) groups excluding carboxylic acids is 1. The fourth-order valence-corrected chi connectivity index (χ4v) is 5.88. The van der Waals surface area contributed by atoms with E-state index in [1.165, 1.54) is 20.2 Å². The summed E-state index contributed by atoms with van der Waals surface area (Å²) in [5.41, 5.74) is 0.437. The standard InChI is InChI=1S/C31H28F7N7O3/c1-14-25(15(2)43-42-14)18-7-22(27(47-4)39-9-18)23-10-40-28(44-11-21(32)12-44)41-24(23)13-45-16(3)26(48-29(45)46)17-5-19(30(33,34)35)8-20(6-17)31(36,37)38/h5-10,16,21,26H,11-13H2,1-4H3,(H,42,43). The van der Waals surface area contributed by atoms with Crippen molar-refractivity contribution in [3.63, 3.8) is 0 Å². The minimum atomic E-state index is -5.08. The number of aromatic nitrogens is 5. The van der Waals surface area contributed by atoms with Gasteiger partial charge in [0.05, 0.1) is 55.3 Å². The normalized spacial score (nSPS) is 18.7. The third-order valence-electron chi connectivity index (χ3n) is 8.38. The smallest absolute Gasteiger partial charge is 0.416 e. The number of benzene rings is 1. The molecule has 2 aliphatic heterocycles. The van der Waals surface area contributed by atoms with Crippen LogP contribution in [0, 0.1) is 13.8 Å². The fraction of sp³-hybridized carbons (Fsp3) is 0.387. The first-order valence-electron chi connectivity index (χ1n) is 14.6. The number of hydrogen-bond acceptors (Lipinski definition) is 8. The Morgan fingerprint density at radius 1 is 0.979 bits per heavy atom. The molecule has 6 rings (SSSR count). The zero-order valence-corrected chi connectivity index (χ0v) is 25.9. The van der Waals surface area contributed by atoms with E-state index >= 15 is 0 Å². The van der Waals surface area contributed by atoms with E-state index in [0.717, 1.165) is 16.2 Å². The van der Waals surface area contributed by atoms with Crippen LogP contribution in [0.2, 0.25) is 0 Å². The number of pyridine rings is 1. The van der Waals surface area contributed by atoms with Gasteiger partial charge in [-0.05, 0) is 50.6 Å². The lowest BCUT2D eigenvalue weighted by molar-refractivity contribution is -0.143. The highest BCUT2D eigenvalue weighted by Crippen LogP contribution is 2.42. The molecule has 10 nitrogen and oxygen atoms in total. The number of cyclic esters (lactones) is 1. The number of alkyl halides is 7. The molecule has 48 heavy (non-hydrogen) atoms. The maximum atomic E-state index is 13.7. The summed E-state index contributed by atoms with van der Waals surface area (Å²) < 4.78 is 106. The molecule has 3 aromatic heterocycles.